The lowest BCUT2D eigenvalue weighted by Crippen LogP contribution is -2.37. The monoisotopic (exact) mass is 525 g/mol. The second-order valence-corrected chi connectivity index (χ2v) is 11.2. The van der Waals surface area contributed by atoms with Crippen molar-refractivity contribution in [3.05, 3.63) is 46.9 Å². The summed E-state index contributed by atoms with van der Waals surface area (Å²) in [7, 11) is 1.61. The van der Waals surface area contributed by atoms with Crippen molar-refractivity contribution in [2.45, 2.75) is 11.3 Å². The molecule has 1 amide bonds. The van der Waals surface area contributed by atoms with Gasteiger partial charge in [0, 0.05) is 11.0 Å². The summed E-state index contributed by atoms with van der Waals surface area (Å²) in [5, 5.41) is 0.502. The van der Waals surface area contributed by atoms with Gasteiger partial charge in [-0.3, -0.25) is 9.69 Å². The van der Waals surface area contributed by atoms with Crippen molar-refractivity contribution in [3.8, 4) is 5.75 Å². The van der Waals surface area contributed by atoms with Gasteiger partial charge in [-0.2, -0.15) is 0 Å². The average molecular weight is 526 g/mol. The smallest absolute Gasteiger partial charge is 0.244 e. The summed E-state index contributed by atoms with van der Waals surface area (Å²) in [6, 6.07) is 11.7. The molecule has 31 heavy (non-hydrogen) atoms. The fourth-order valence-electron chi connectivity index (χ4n) is 2.98. The highest BCUT2D eigenvalue weighted by Gasteiger charge is 2.26. The number of benzene rings is 2. The number of aromatic nitrogens is 1. The van der Waals surface area contributed by atoms with Crippen LogP contribution in [0.4, 0.5) is 5.13 Å². The van der Waals surface area contributed by atoms with Crippen LogP contribution in [0.15, 0.2) is 51.8 Å². The Morgan fingerprint density at radius 1 is 1.13 bits per heavy atom. The number of carbonyl (C=O) groups excluding carboxylic acids is 1. The number of sulfone groups is 1. The molecule has 0 saturated carbocycles. The lowest BCUT2D eigenvalue weighted by Gasteiger charge is -2.21. The number of fused-ring (bicyclic) bond motifs is 1. The Morgan fingerprint density at radius 2 is 1.84 bits per heavy atom. The summed E-state index contributed by atoms with van der Waals surface area (Å²) >= 11 is 4.82. The van der Waals surface area contributed by atoms with Gasteiger partial charge in [-0.15, -0.1) is 0 Å². The maximum absolute atomic E-state index is 13.1. The van der Waals surface area contributed by atoms with Crippen molar-refractivity contribution >= 4 is 58.4 Å². The van der Waals surface area contributed by atoms with E-state index >= 15 is 0 Å². The van der Waals surface area contributed by atoms with E-state index < -0.39 is 21.5 Å². The third-order valence-corrected chi connectivity index (χ3v) is 7.74. The minimum absolute atomic E-state index is 0.0862. The zero-order valence-electron chi connectivity index (χ0n) is 17.5. The van der Waals surface area contributed by atoms with Crippen molar-refractivity contribution in [1.82, 2.24) is 9.88 Å². The van der Waals surface area contributed by atoms with Crippen LogP contribution in [0.25, 0.3) is 10.2 Å². The van der Waals surface area contributed by atoms with Crippen LogP contribution in [-0.4, -0.2) is 64.3 Å². The SMILES string of the molecule is COc1ccc(S(=O)(=O)CC(=O)N(CCCN(C)C)c2nc3ccc(Br)cc3s2)cc1. The molecular weight excluding hydrogens is 502 g/mol. The van der Waals surface area contributed by atoms with E-state index in [0.29, 0.717) is 23.8 Å². The first-order chi connectivity index (χ1) is 14.7. The molecule has 0 saturated heterocycles. The molecule has 0 aliphatic rings. The van der Waals surface area contributed by atoms with E-state index in [2.05, 4.69) is 20.9 Å². The van der Waals surface area contributed by atoms with Crippen LogP contribution >= 0.6 is 27.3 Å². The molecule has 0 radical (unpaired) electrons. The number of anilines is 1. The molecule has 0 aliphatic carbocycles. The van der Waals surface area contributed by atoms with E-state index in [4.69, 9.17) is 4.74 Å². The highest BCUT2D eigenvalue weighted by Crippen LogP contribution is 2.31. The van der Waals surface area contributed by atoms with Crippen LogP contribution in [0.3, 0.4) is 0 Å². The standard InChI is InChI=1S/C21H24BrN3O4S2/c1-24(2)11-4-12-25(21-23-18-10-5-15(22)13-19(18)30-21)20(26)14-31(27,28)17-8-6-16(29-3)7-9-17/h5-10,13H,4,11-12,14H2,1-3H3. The predicted octanol–water partition coefficient (Wildman–Crippen LogP) is 3.83. The molecule has 166 valence electrons. The number of hydrogen-bond acceptors (Lipinski definition) is 7. The molecule has 0 fully saturated rings. The molecule has 2 aromatic carbocycles. The number of thiazole rings is 1. The summed E-state index contributed by atoms with van der Waals surface area (Å²) in [5.41, 5.74) is 0.770. The Morgan fingerprint density at radius 3 is 2.48 bits per heavy atom. The second kappa shape index (κ2) is 10.1. The summed E-state index contributed by atoms with van der Waals surface area (Å²) in [6.07, 6.45) is 0.695. The number of ether oxygens (including phenoxy) is 1. The van der Waals surface area contributed by atoms with Crippen LogP contribution in [0.1, 0.15) is 6.42 Å². The van der Waals surface area contributed by atoms with E-state index in [1.807, 2.05) is 37.2 Å². The first-order valence-corrected chi connectivity index (χ1v) is 12.8. The van der Waals surface area contributed by atoms with Crippen molar-refractivity contribution in [1.29, 1.82) is 0 Å². The largest absolute Gasteiger partial charge is 0.497 e. The maximum Gasteiger partial charge on any atom is 0.244 e. The van der Waals surface area contributed by atoms with Crippen LogP contribution in [0.5, 0.6) is 5.75 Å². The van der Waals surface area contributed by atoms with Gasteiger partial charge in [0.25, 0.3) is 0 Å². The summed E-state index contributed by atoms with van der Waals surface area (Å²) < 4.78 is 32.6. The normalized spacial score (nSPS) is 11.8. The number of methoxy groups -OCH3 is 1. The molecule has 3 rings (SSSR count). The Labute approximate surface area is 194 Å². The van der Waals surface area contributed by atoms with Gasteiger partial charge in [0.2, 0.25) is 5.91 Å². The van der Waals surface area contributed by atoms with Gasteiger partial charge in [-0.05, 0) is 69.5 Å². The number of hydrogen-bond donors (Lipinski definition) is 0. The molecule has 0 aliphatic heterocycles. The lowest BCUT2D eigenvalue weighted by molar-refractivity contribution is -0.116. The Bertz CT molecular complexity index is 1160. The highest BCUT2D eigenvalue weighted by atomic mass is 79.9. The highest BCUT2D eigenvalue weighted by molar-refractivity contribution is 9.10. The topological polar surface area (TPSA) is 79.8 Å². The number of rotatable bonds is 9. The van der Waals surface area contributed by atoms with Gasteiger partial charge in [0.15, 0.2) is 15.0 Å². The first kappa shape index (κ1) is 23.6. The molecule has 0 N–H and O–H groups in total. The van der Waals surface area contributed by atoms with E-state index in [9.17, 15) is 13.2 Å². The molecule has 3 aromatic rings. The predicted molar refractivity (Wildman–Crippen MR) is 128 cm³/mol. The van der Waals surface area contributed by atoms with Gasteiger partial charge >= 0.3 is 0 Å². The van der Waals surface area contributed by atoms with Crippen molar-refractivity contribution in [2.75, 3.05) is 44.9 Å². The zero-order valence-corrected chi connectivity index (χ0v) is 20.8. The molecular formula is C21H24BrN3O4S2. The van der Waals surface area contributed by atoms with Crippen molar-refractivity contribution < 1.29 is 17.9 Å². The van der Waals surface area contributed by atoms with Crippen LogP contribution in [0, 0.1) is 0 Å². The summed E-state index contributed by atoms with van der Waals surface area (Å²) in [6.45, 7) is 1.15. The third kappa shape index (κ3) is 6.03. The number of halogens is 1. The third-order valence-electron chi connectivity index (χ3n) is 4.59. The number of nitrogens with zero attached hydrogens (tertiary/aromatic N) is 3. The van der Waals surface area contributed by atoms with E-state index in [1.54, 1.807) is 12.1 Å². The summed E-state index contributed by atoms with van der Waals surface area (Å²) in [4.78, 5) is 21.3. The molecule has 7 nitrogen and oxygen atoms in total. The molecule has 0 spiro atoms. The molecule has 0 atom stereocenters. The van der Waals surface area contributed by atoms with Crippen LogP contribution in [-0.2, 0) is 14.6 Å². The minimum Gasteiger partial charge on any atom is -0.497 e. The van der Waals surface area contributed by atoms with Crippen LogP contribution in [0.2, 0.25) is 0 Å². The molecule has 1 heterocycles. The molecule has 0 bridgehead atoms. The Kier molecular flexibility index (Phi) is 7.68. The first-order valence-electron chi connectivity index (χ1n) is 9.57. The van der Waals surface area contributed by atoms with Gasteiger partial charge in [-0.25, -0.2) is 13.4 Å². The quantitative estimate of drug-likeness (QED) is 0.422. The van der Waals surface area contributed by atoms with E-state index in [0.717, 1.165) is 21.2 Å². The zero-order chi connectivity index (χ0) is 22.6. The average Bonchev–Trinajstić information content (AvgIpc) is 3.13. The fraction of sp³-hybridized carbons (Fsp3) is 0.333. The lowest BCUT2D eigenvalue weighted by atomic mass is 10.3. The molecule has 0 unspecified atom stereocenters. The van der Waals surface area contributed by atoms with Crippen LogP contribution < -0.4 is 9.64 Å². The van der Waals surface area contributed by atoms with Crippen molar-refractivity contribution in [3.63, 3.8) is 0 Å². The van der Waals surface area contributed by atoms with Gasteiger partial charge < -0.3 is 9.64 Å². The van der Waals surface area contributed by atoms with Gasteiger partial charge in [0.05, 0.1) is 22.2 Å². The molecule has 1 aromatic heterocycles. The second-order valence-electron chi connectivity index (χ2n) is 7.25. The Hall–Kier alpha value is -2.01. The number of carbonyl (C=O) groups is 1. The summed E-state index contributed by atoms with van der Waals surface area (Å²) in [5.74, 6) is -0.565. The number of amides is 1. The van der Waals surface area contributed by atoms with E-state index in [-0.39, 0.29) is 4.90 Å². The minimum atomic E-state index is -3.80. The van der Waals surface area contributed by atoms with Gasteiger partial charge in [-0.1, -0.05) is 27.3 Å². The van der Waals surface area contributed by atoms with E-state index in [1.165, 1.54) is 35.5 Å². The Balaban J connectivity index is 1.87. The van der Waals surface area contributed by atoms with Crippen molar-refractivity contribution in [2.24, 2.45) is 0 Å². The van der Waals surface area contributed by atoms with Gasteiger partial charge in [0.1, 0.15) is 11.5 Å². The maximum atomic E-state index is 13.1. The fourth-order valence-corrected chi connectivity index (χ4v) is 5.74. The molecule has 10 heteroatoms.